The Kier molecular flexibility index (Phi) is 6.10. The summed E-state index contributed by atoms with van der Waals surface area (Å²) in [7, 11) is 0. The molecule has 0 aliphatic carbocycles. The maximum Gasteiger partial charge on any atom is 0.294 e. The molecule has 1 aromatic rings. The Morgan fingerprint density at radius 2 is 2.41 bits per heavy atom. The summed E-state index contributed by atoms with van der Waals surface area (Å²) < 4.78 is 5.48. The Morgan fingerprint density at radius 3 is 3.06 bits per heavy atom. The minimum Gasteiger partial charge on any atom is -0.375 e. The predicted molar refractivity (Wildman–Crippen MR) is 67.5 cm³/mol. The quantitative estimate of drug-likeness (QED) is 0.337. The Labute approximate surface area is 105 Å². The first-order chi connectivity index (χ1) is 8.13. The largest absolute Gasteiger partial charge is 0.375 e. The van der Waals surface area contributed by atoms with Crippen molar-refractivity contribution in [2.24, 2.45) is 11.8 Å². The van der Waals surface area contributed by atoms with Crippen molar-refractivity contribution in [2.45, 2.75) is 33.3 Å². The second-order valence-electron chi connectivity index (χ2n) is 4.21. The molecule has 0 aliphatic heterocycles. The summed E-state index contributed by atoms with van der Waals surface area (Å²) in [6.45, 7) is 5.57. The first kappa shape index (κ1) is 14.1. The highest BCUT2D eigenvalue weighted by Crippen LogP contribution is 2.11. The lowest BCUT2D eigenvalue weighted by Gasteiger charge is -2.04. The van der Waals surface area contributed by atoms with E-state index in [-0.39, 0.29) is 5.91 Å². The molecule has 0 bridgehead atoms. The molecule has 0 atom stereocenters. The fourth-order valence-electron chi connectivity index (χ4n) is 1.31. The van der Waals surface area contributed by atoms with Gasteiger partial charge < -0.3 is 4.74 Å². The number of nitrogen functional groups attached to an aromatic ring is 1. The Balaban J connectivity index is 2.23. The lowest BCUT2D eigenvalue weighted by molar-refractivity contribution is 0.0950. The number of carbonyl (C=O) groups excluding carboxylic acids is 1. The summed E-state index contributed by atoms with van der Waals surface area (Å²) >= 11 is 1.27. The number of hydrazine groups is 1. The summed E-state index contributed by atoms with van der Waals surface area (Å²) in [5.41, 5.74) is 2.83. The van der Waals surface area contributed by atoms with Crippen molar-refractivity contribution in [1.82, 2.24) is 10.4 Å². The highest BCUT2D eigenvalue weighted by atomic mass is 32.1. The third-order valence-electron chi connectivity index (χ3n) is 2.20. The Morgan fingerprint density at radius 1 is 1.65 bits per heavy atom. The number of nitrogens with zero attached hydrogens (tertiary/aromatic N) is 1. The zero-order valence-corrected chi connectivity index (χ0v) is 11.0. The van der Waals surface area contributed by atoms with Gasteiger partial charge in [0.25, 0.3) is 5.91 Å². The van der Waals surface area contributed by atoms with E-state index in [1.165, 1.54) is 11.3 Å². The molecule has 1 rings (SSSR count). The molecule has 6 heteroatoms. The number of ether oxygens (including phenoxy) is 1. The number of thiazole rings is 1. The van der Waals surface area contributed by atoms with Crippen molar-refractivity contribution in [2.75, 3.05) is 6.61 Å². The molecule has 5 nitrogen and oxygen atoms in total. The van der Waals surface area contributed by atoms with Crippen molar-refractivity contribution in [3.05, 3.63) is 16.1 Å². The van der Waals surface area contributed by atoms with Gasteiger partial charge in [-0.25, -0.2) is 10.8 Å². The second-order valence-corrected chi connectivity index (χ2v) is 5.06. The number of carbonyl (C=O) groups is 1. The smallest absolute Gasteiger partial charge is 0.294 e. The van der Waals surface area contributed by atoms with Crippen LogP contribution in [0.1, 0.15) is 42.2 Å². The number of amides is 1. The molecule has 0 fully saturated rings. The van der Waals surface area contributed by atoms with Gasteiger partial charge in [0.15, 0.2) is 5.01 Å². The molecule has 0 saturated heterocycles. The van der Waals surface area contributed by atoms with Gasteiger partial charge in [-0.3, -0.25) is 10.2 Å². The molecule has 0 saturated carbocycles. The van der Waals surface area contributed by atoms with Gasteiger partial charge >= 0.3 is 0 Å². The third kappa shape index (κ3) is 5.25. The topological polar surface area (TPSA) is 77.2 Å². The number of aromatic nitrogens is 1. The van der Waals surface area contributed by atoms with Crippen LogP contribution in [-0.2, 0) is 11.3 Å². The van der Waals surface area contributed by atoms with Gasteiger partial charge in [0.2, 0.25) is 0 Å². The molecule has 3 N–H and O–H groups in total. The van der Waals surface area contributed by atoms with Gasteiger partial charge in [-0.1, -0.05) is 13.8 Å². The van der Waals surface area contributed by atoms with E-state index >= 15 is 0 Å². The maximum atomic E-state index is 11.1. The zero-order chi connectivity index (χ0) is 12.7. The SMILES string of the molecule is CC(C)CCCOCc1csc(C(=O)NN)n1. The second kappa shape index (κ2) is 7.37. The first-order valence-corrected chi connectivity index (χ1v) is 6.54. The summed E-state index contributed by atoms with van der Waals surface area (Å²) in [6, 6.07) is 0. The highest BCUT2D eigenvalue weighted by molar-refractivity contribution is 7.11. The van der Waals surface area contributed by atoms with Crippen molar-refractivity contribution in [3.63, 3.8) is 0 Å². The van der Waals surface area contributed by atoms with E-state index in [0.717, 1.165) is 25.1 Å². The van der Waals surface area contributed by atoms with Gasteiger partial charge in [0, 0.05) is 12.0 Å². The van der Waals surface area contributed by atoms with E-state index in [1.54, 1.807) is 0 Å². The summed E-state index contributed by atoms with van der Waals surface area (Å²) in [5, 5.41) is 2.18. The highest BCUT2D eigenvalue weighted by Gasteiger charge is 2.09. The van der Waals surface area contributed by atoms with Crippen LogP contribution >= 0.6 is 11.3 Å². The van der Waals surface area contributed by atoms with E-state index in [9.17, 15) is 4.79 Å². The molecule has 0 unspecified atom stereocenters. The average molecular weight is 257 g/mol. The van der Waals surface area contributed by atoms with Crippen LogP contribution in [0.2, 0.25) is 0 Å². The van der Waals surface area contributed by atoms with E-state index in [2.05, 4.69) is 24.3 Å². The van der Waals surface area contributed by atoms with Gasteiger partial charge in [0.05, 0.1) is 12.3 Å². The average Bonchev–Trinajstić information content (AvgIpc) is 2.76. The molecule has 0 radical (unpaired) electrons. The number of hydrogen-bond acceptors (Lipinski definition) is 5. The lowest BCUT2D eigenvalue weighted by Crippen LogP contribution is -2.29. The zero-order valence-electron chi connectivity index (χ0n) is 10.2. The standard InChI is InChI=1S/C11H19N3O2S/c1-8(2)4-3-5-16-6-9-7-17-11(13-9)10(15)14-12/h7-8H,3-6,12H2,1-2H3,(H,14,15). The van der Waals surface area contributed by atoms with Crippen molar-refractivity contribution < 1.29 is 9.53 Å². The Hall–Kier alpha value is -0.980. The molecule has 1 amide bonds. The van der Waals surface area contributed by atoms with Crippen LogP contribution in [0.5, 0.6) is 0 Å². The number of hydrogen-bond donors (Lipinski definition) is 2. The number of rotatable bonds is 7. The van der Waals surface area contributed by atoms with Gasteiger partial charge in [-0.05, 0) is 18.8 Å². The van der Waals surface area contributed by atoms with E-state index in [4.69, 9.17) is 10.6 Å². The number of nitrogens with two attached hydrogens (primary N) is 1. The molecule has 0 aromatic carbocycles. The van der Waals surface area contributed by atoms with Crippen LogP contribution in [0.4, 0.5) is 0 Å². The predicted octanol–water partition coefficient (Wildman–Crippen LogP) is 1.70. The fourth-order valence-corrected chi connectivity index (χ4v) is 2.01. The first-order valence-electron chi connectivity index (χ1n) is 5.66. The van der Waals surface area contributed by atoms with E-state index in [0.29, 0.717) is 17.5 Å². The maximum absolute atomic E-state index is 11.1. The minimum absolute atomic E-state index is 0.360. The summed E-state index contributed by atoms with van der Waals surface area (Å²) in [5.74, 6) is 5.36. The molecule has 17 heavy (non-hydrogen) atoms. The molecule has 96 valence electrons. The molecular formula is C11H19N3O2S. The van der Waals surface area contributed by atoms with Crippen molar-refractivity contribution in [3.8, 4) is 0 Å². The molecule has 0 spiro atoms. The van der Waals surface area contributed by atoms with Gasteiger partial charge in [-0.15, -0.1) is 11.3 Å². The van der Waals surface area contributed by atoms with Crippen LogP contribution in [0.3, 0.4) is 0 Å². The third-order valence-corrected chi connectivity index (χ3v) is 3.09. The van der Waals surface area contributed by atoms with E-state index < -0.39 is 0 Å². The van der Waals surface area contributed by atoms with Crippen LogP contribution in [0.25, 0.3) is 0 Å². The molecular weight excluding hydrogens is 238 g/mol. The van der Waals surface area contributed by atoms with Crippen LogP contribution in [0, 0.1) is 5.92 Å². The van der Waals surface area contributed by atoms with Crippen LogP contribution in [0.15, 0.2) is 5.38 Å². The minimum atomic E-state index is -0.360. The number of nitrogens with one attached hydrogen (secondary N) is 1. The van der Waals surface area contributed by atoms with Gasteiger partial charge in [-0.2, -0.15) is 0 Å². The van der Waals surface area contributed by atoms with Gasteiger partial charge in [0.1, 0.15) is 0 Å². The fraction of sp³-hybridized carbons (Fsp3) is 0.636. The van der Waals surface area contributed by atoms with Crippen molar-refractivity contribution in [1.29, 1.82) is 0 Å². The molecule has 1 heterocycles. The summed E-state index contributed by atoms with van der Waals surface area (Å²) in [6.07, 6.45) is 2.22. The molecule has 1 aromatic heterocycles. The lowest BCUT2D eigenvalue weighted by atomic mass is 10.1. The van der Waals surface area contributed by atoms with Crippen LogP contribution < -0.4 is 11.3 Å². The normalized spacial score (nSPS) is 10.8. The molecule has 0 aliphatic rings. The van der Waals surface area contributed by atoms with Crippen molar-refractivity contribution >= 4 is 17.2 Å². The Bertz CT molecular complexity index is 352. The summed E-state index contributed by atoms with van der Waals surface area (Å²) in [4.78, 5) is 15.3. The van der Waals surface area contributed by atoms with Crippen LogP contribution in [-0.4, -0.2) is 17.5 Å². The monoisotopic (exact) mass is 257 g/mol. The van der Waals surface area contributed by atoms with E-state index in [1.807, 2.05) is 5.38 Å².